The van der Waals surface area contributed by atoms with Crippen LogP contribution in [-0.2, 0) is 0 Å². The molecule has 0 bridgehead atoms. The van der Waals surface area contributed by atoms with Gasteiger partial charge in [-0.25, -0.2) is 0 Å². The molecule has 2 heterocycles. The second-order valence-electron chi connectivity index (χ2n) is 14.1. The van der Waals surface area contributed by atoms with Crippen molar-refractivity contribution in [2.75, 3.05) is 4.90 Å². The van der Waals surface area contributed by atoms with Gasteiger partial charge >= 0.3 is 0 Å². The van der Waals surface area contributed by atoms with Gasteiger partial charge in [-0.1, -0.05) is 147 Å². The number of rotatable bonds is 5. The van der Waals surface area contributed by atoms with Gasteiger partial charge in [0.05, 0.1) is 5.69 Å². The van der Waals surface area contributed by atoms with Crippen LogP contribution in [-0.4, -0.2) is 8.07 Å². The van der Waals surface area contributed by atoms with Crippen molar-refractivity contribution in [3.8, 4) is 33.4 Å². The molecule has 0 atom stereocenters. The molecule has 0 fully saturated rings. The van der Waals surface area contributed by atoms with Crippen LogP contribution in [0.5, 0.6) is 0 Å². The van der Waals surface area contributed by atoms with Gasteiger partial charge in [-0.3, -0.25) is 0 Å². The predicted molar refractivity (Wildman–Crippen MR) is 225 cm³/mol. The molecule has 1 aliphatic heterocycles. The first-order valence-corrected chi connectivity index (χ1v) is 21.5. The molecule has 9 aromatic rings. The Balaban J connectivity index is 1.17. The van der Waals surface area contributed by atoms with Gasteiger partial charge in [0.25, 0.3) is 0 Å². The van der Waals surface area contributed by atoms with E-state index in [0.29, 0.717) is 0 Å². The standard InChI is InChI=1S/C48H35NSSi/c1-51(2)46-21-9-8-17-40(46)41-28-26-37(31-47(41)51)49(43-19-10-15-34-14-6-7-16-38(34)43)36-27-29-44-42(30-36)48-39(18-11-20-45(48)50-44)35-24-22-33(23-25-35)32-12-4-3-5-13-32/h3-31H,1-2H3. The number of anilines is 3. The second-order valence-corrected chi connectivity index (χ2v) is 19.5. The molecule has 10 rings (SSSR count). The summed E-state index contributed by atoms with van der Waals surface area (Å²) in [6.45, 7) is 5.00. The number of hydrogen-bond acceptors (Lipinski definition) is 2. The fraction of sp³-hybridized carbons (Fsp3) is 0.0417. The van der Waals surface area contributed by atoms with Crippen molar-refractivity contribution in [3.63, 3.8) is 0 Å². The number of fused-ring (bicyclic) bond motifs is 7. The summed E-state index contributed by atoms with van der Waals surface area (Å²) in [5, 5.41) is 8.15. The van der Waals surface area contributed by atoms with Gasteiger partial charge in [0.15, 0.2) is 0 Å². The molecule has 1 nitrogen and oxygen atoms in total. The lowest BCUT2D eigenvalue weighted by atomic mass is 9.96. The summed E-state index contributed by atoms with van der Waals surface area (Å²) in [6.07, 6.45) is 0. The summed E-state index contributed by atoms with van der Waals surface area (Å²) in [5.41, 5.74) is 11.3. The summed E-state index contributed by atoms with van der Waals surface area (Å²) in [7, 11) is -1.88. The average molecular weight is 686 g/mol. The van der Waals surface area contributed by atoms with Crippen molar-refractivity contribution in [1.29, 1.82) is 0 Å². The van der Waals surface area contributed by atoms with Gasteiger partial charge < -0.3 is 4.90 Å². The molecule has 8 aromatic carbocycles. The lowest BCUT2D eigenvalue weighted by Gasteiger charge is -2.29. The summed E-state index contributed by atoms with van der Waals surface area (Å²) in [5.74, 6) is 0. The fourth-order valence-corrected chi connectivity index (χ4v) is 12.5. The van der Waals surface area contributed by atoms with Crippen molar-refractivity contribution >= 4 is 77.8 Å². The maximum Gasteiger partial charge on any atom is 0.113 e. The minimum Gasteiger partial charge on any atom is -0.310 e. The largest absolute Gasteiger partial charge is 0.310 e. The molecule has 0 aliphatic carbocycles. The van der Waals surface area contributed by atoms with Crippen LogP contribution in [0.3, 0.4) is 0 Å². The van der Waals surface area contributed by atoms with Crippen molar-refractivity contribution in [2.45, 2.75) is 13.1 Å². The third-order valence-corrected chi connectivity index (χ3v) is 15.6. The van der Waals surface area contributed by atoms with Crippen LogP contribution in [0.4, 0.5) is 17.1 Å². The highest BCUT2D eigenvalue weighted by atomic mass is 32.1. The Morgan fingerprint density at radius 2 is 1.08 bits per heavy atom. The van der Waals surface area contributed by atoms with Gasteiger partial charge in [0, 0.05) is 36.9 Å². The first-order chi connectivity index (χ1) is 25.0. The number of thiophene rings is 1. The van der Waals surface area contributed by atoms with E-state index in [1.807, 2.05) is 11.3 Å². The maximum absolute atomic E-state index is 2.50. The van der Waals surface area contributed by atoms with Crippen molar-refractivity contribution < 1.29 is 0 Å². The molecule has 0 radical (unpaired) electrons. The zero-order valence-corrected chi connectivity index (χ0v) is 30.4. The molecule has 0 saturated heterocycles. The minimum atomic E-state index is -1.88. The van der Waals surface area contributed by atoms with E-state index in [9.17, 15) is 0 Å². The predicted octanol–water partition coefficient (Wildman–Crippen LogP) is 12.8. The minimum absolute atomic E-state index is 1.17. The fourth-order valence-electron chi connectivity index (χ4n) is 8.33. The highest BCUT2D eigenvalue weighted by molar-refractivity contribution is 7.26. The van der Waals surface area contributed by atoms with Gasteiger partial charge in [-0.2, -0.15) is 0 Å². The highest BCUT2D eigenvalue weighted by Gasteiger charge is 2.37. The molecule has 0 N–H and O–H groups in total. The zero-order valence-electron chi connectivity index (χ0n) is 28.6. The van der Waals surface area contributed by atoms with E-state index in [1.165, 1.54) is 91.8 Å². The van der Waals surface area contributed by atoms with E-state index >= 15 is 0 Å². The molecular weight excluding hydrogens is 651 g/mol. The molecule has 0 spiro atoms. The molecule has 242 valence electrons. The summed E-state index contributed by atoms with van der Waals surface area (Å²) in [6, 6.07) is 65.3. The molecule has 0 unspecified atom stereocenters. The molecular formula is C48H35NSSi. The quantitative estimate of drug-likeness (QED) is 0.163. The van der Waals surface area contributed by atoms with Crippen molar-refractivity contribution in [3.05, 3.63) is 176 Å². The molecule has 1 aliphatic rings. The van der Waals surface area contributed by atoms with E-state index in [2.05, 4.69) is 194 Å². The highest BCUT2D eigenvalue weighted by Crippen LogP contribution is 2.45. The Labute approximate surface area is 303 Å². The lowest BCUT2D eigenvalue weighted by molar-refractivity contribution is 1.31. The topological polar surface area (TPSA) is 3.24 Å². The van der Waals surface area contributed by atoms with Crippen LogP contribution in [0.15, 0.2) is 176 Å². The Morgan fingerprint density at radius 1 is 0.431 bits per heavy atom. The van der Waals surface area contributed by atoms with Crippen LogP contribution in [0.2, 0.25) is 13.1 Å². The third-order valence-electron chi connectivity index (χ3n) is 10.9. The smallest absolute Gasteiger partial charge is 0.113 e. The Bertz CT molecular complexity index is 2770. The Hall–Kier alpha value is -5.74. The van der Waals surface area contributed by atoms with Crippen LogP contribution >= 0.6 is 11.3 Å². The van der Waals surface area contributed by atoms with Crippen molar-refractivity contribution in [1.82, 2.24) is 0 Å². The zero-order chi connectivity index (χ0) is 34.1. The van der Waals surface area contributed by atoms with Gasteiger partial charge in [0.2, 0.25) is 0 Å². The molecule has 51 heavy (non-hydrogen) atoms. The van der Waals surface area contributed by atoms with Gasteiger partial charge in [0.1, 0.15) is 8.07 Å². The molecule has 3 heteroatoms. The normalized spacial score (nSPS) is 13.1. The lowest BCUT2D eigenvalue weighted by Crippen LogP contribution is -2.49. The second kappa shape index (κ2) is 11.7. The SMILES string of the molecule is C[Si]1(C)c2ccccc2-c2ccc(N(c3ccc4sc5cccc(-c6ccc(-c7ccccc7)cc6)c5c4c3)c3cccc4ccccc34)cc21. The monoisotopic (exact) mass is 685 g/mol. The number of hydrogen-bond donors (Lipinski definition) is 0. The van der Waals surface area contributed by atoms with E-state index in [-0.39, 0.29) is 0 Å². The number of benzene rings is 8. The van der Waals surface area contributed by atoms with Crippen LogP contribution in [0.1, 0.15) is 0 Å². The summed E-state index contributed by atoms with van der Waals surface area (Å²) < 4.78 is 2.62. The number of nitrogens with zero attached hydrogens (tertiary/aromatic N) is 1. The molecule has 0 saturated carbocycles. The van der Waals surface area contributed by atoms with Crippen LogP contribution in [0.25, 0.3) is 64.3 Å². The Kier molecular flexibility index (Phi) is 6.89. The van der Waals surface area contributed by atoms with Crippen LogP contribution in [0, 0.1) is 0 Å². The first-order valence-electron chi connectivity index (χ1n) is 17.7. The third kappa shape index (κ3) is 4.80. The van der Waals surface area contributed by atoms with E-state index in [0.717, 1.165) is 0 Å². The average Bonchev–Trinajstić information content (AvgIpc) is 3.67. The summed E-state index contributed by atoms with van der Waals surface area (Å²) >= 11 is 1.88. The maximum atomic E-state index is 2.50. The van der Waals surface area contributed by atoms with Gasteiger partial charge in [-0.05, 0) is 91.6 Å². The summed E-state index contributed by atoms with van der Waals surface area (Å²) in [4.78, 5) is 2.50. The molecule has 1 aromatic heterocycles. The van der Waals surface area contributed by atoms with E-state index < -0.39 is 8.07 Å². The van der Waals surface area contributed by atoms with Crippen molar-refractivity contribution in [2.24, 2.45) is 0 Å². The first kappa shape index (κ1) is 30.1. The van der Waals surface area contributed by atoms with Gasteiger partial charge in [-0.15, -0.1) is 11.3 Å². The Morgan fingerprint density at radius 3 is 1.96 bits per heavy atom. The van der Waals surface area contributed by atoms with E-state index in [1.54, 1.807) is 0 Å². The molecule has 0 amide bonds. The van der Waals surface area contributed by atoms with Crippen LogP contribution < -0.4 is 15.3 Å². The van der Waals surface area contributed by atoms with E-state index in [4.69, 9.17) is 0 Å².